The molecule has 1 unspecified atom stereocenters. The summed E-state index contributed by atoms with van der Waals surface area (Å²) in [6, 6.07) is 0. The number of hydrogen-bond donors (Lipinski definition) is 1. The minimum absolute atomic E-state index is 0.0221. The van der Waals surface area contributed by atoms with Gasteiger partial charge >= 0.3 is 0 Å². The Morgan fingerprint density at radius 2 is 1.82 bits per heavy atom. The summed E-state index contributed by atoms with van der Waals surface area (Å²) in [5, 5.41) is 10.2. The van der Waals surface area contributed by atoms with Crippen molar-refractivity contribution in [3.63, 3.8) is 0 Å². The number of hydrogen-bond acceptors (Lipinski definition) is 3. The maximum atomic E-state index is 11.4. The van der Waals surface area contributed by atoms with Gasteiger partial charge in [-0.3, -0.25) is 0 Å². The van der Waals surface area contributed by atoms with Gasteiger partial charge in [0.1, 0.15) is 9.84 Å². The number of aliphatic hydroxyl groups is 1. The van der Waals surface area contributed by atoms with Crippen molar-refractivity contribution in [1.29, 1.82) is 0 Å². The molecule has 1 aliphatic carbocycles. The van der Waals surface area contributed by atoms with E-state index in [1.165, 1.54) is 19.3 Å². The molecular formula is C13H26O3S. The summed E-state index contributed by atoms with van der Waals surface area (Å²) in [5.74, 6) is 0.428. The lowest BCUT2D eigenvalue weighted by Gasteiger charge is -2.38. The van der Waals surface area contributed by atoms with E-state index in [4.69, 9.17) is 0 Å². The first-order valence-electron chi connectivity index (χ1n) is 6.78. The maximum Gasteiger partial charge on any atom is 0.150 e. The quantitative estimate of drug-likeness (QED) is 0.800. The van der Waals surface area contributed by atoms with E-state index in [1.54, 1.807) is 6.92 Å². The Balaban J connectivity index is 2.36. The van der Waals surface area contributed by atoms with Crippen molar-refractivity contribution in [2.24, 2.45) is 5.41 Å². The van der Waals surface area contributed by atoms with Crippen molar-refractivity contribution >= 4 is 9.84 Å². The van der Waals surface area contributed by atoms with E-state index in [9.17, 15) is 13.5 Å². The van der Waals surface area contributed by atoms with Gasteiger partial charge < -0.3 is 5.11 Å². The summed E-state index contributed by atoms with van der Waals surface area (Å²) in [6.07, 6.45) is 6.69. The highest BCUT2D eigenvalue weighted by atomic mass is 32.2. The second-order valence-electron chi connectivity index (χ2n) is 5.61. The van der Waals surface area contributed by atoms with Crippen LogP contribution in [0.4, 0.5) is 0 Å². The van der Waals surface area contributed by atoms with Gasteiger partial charge in [0.25, 0.3) is 0 Å². The van der Waals surface area contributed by atoms with Crippen LogP contribution < -0.4 is 0 Å². The van der Waals surface area contributed by atoms with Crippen molar-refractivity contribution in [2.75, 3.05) is 11.5 Å². The van der Waals surface area contributed by atoms with Crippen molar-refractivity contribution < 1.29 is 13.5 Å². The predicted molar refractivity (Wildman–Crippen MR) is 70.8 cm³/mol. The predicted octanol–water partition coefficient (Wildman–Crippen LogP) is 2.53. The largest absolute Gasteiger partial charge is 0.393 e. The molecule has 102 valence electrons. The lowest BCUT2D eigenvalue weighted by Crippen LogP contribution is -2.34. The number of sulfone groups is 1. The molecule has 0 bridgehead atoms. The molecule has 1 saturated carbocycles. The maximum absolute atomic E-state index is 11.4. The van der Waals surface area contributed by atoms with Crippen LogP contribution in [0.1, 0.15) is 58.8 Å². The summed E-state index contributed by atoms with van der Waals surface area (Å²) in [6.45, 7) is 3.82. The second-order valence-corrected chi connectivity index (χ2v) is 8.08. The molecule has 1 atom stereocenters. The Morgan fingerprint density at radius 1 is 1.24 bits per heavy atom. The average Bonchev–Trinajstić information content (AvgIpc) is 2.29. The minimum atomic E-state index is -2.88. The molecule has 0 aromatic heterocycles. The molecule has 1 rings (SSSR count). The van der Waals surface area contributed by atoms with Gasteiger partial charge in [-0.1, -0.05) is 33.1 Å². The third kappa shape index (κ3) is 4.59. The molecule has 0 spiro atoms. The van der Waals surface area contributed by atoms with E-state index in [0.717, 1.165) is 12.8 Å². The molecule has 1 fully saturated rings. The lowest BCUT2D eigenvalue weighted by atomic mass is 9.71. The first-order chi connectivity index (χ1) is 7.90. The molecule has 17 heavy (non-hydrogen) atoms. The van der Waals surface area contributed by atoms with Gasteiger partial charge in [-0.2, -0.15) is 0 Å². The first kappa shape index (κ1) is 15.0. The highest BCUT2D eigenvalue weighted by Gasteiger charge is 2.33. The highest BCUT2D eigenvalue weighted by Crippen LogP contribution is 2.40. The Morgan fingerprint density at radius 3 is 2.35 bits per heavy atom. The monoisotopic (exact) mass is 262 g/mol. The van der Waals surface area contributed by atoms with Gasteiger partial charge in [0, 0.05) is 5.75 Å². The van der Waals surface area contributed by atoms with E-state index in [-0.39, 0.29) is 23.0 Å². The number of rotatable bonds is 6. The summed E-state index contributed by atoms with van der Waals surface area (Å²) >= 11 is 0. The molecule has 3 nitrogen and oxygen atoms in total. The van der Waals surface area contributed by atoms with Crippen LogP contribution in [0, 0.1) is 5.41 Å². The standard InChI is InChI=1S/C13H26O3S/c1-3-17(15,16)11-7-8-12(14)13(2)9-5-4-6-10-13/h12,14H,3-11H2,1-2H3. The van der Waals surface area contributed by atoms with Crippen molar-refractivity contribution in [2.45, 2.75) is 64.9 Å². The van der Waals surface area contributed by atoms with E-state index in [1.807, 2.05) is 0 Å². The van der Waals surface area contributed by atoms with Crippen LogP contribution in [-0.2, 0) is 9.84 Å². The lowest BCUT2D eigenvalue weighted by molar-refractivity contribution is 0.00402. The highest BCUT2D eigenvalue weighted by molar-refractivity contribution is 7.91. The summed E-state index contributed by atoms with van der Waals surface area (Å²) < 4.78 is 22.7. The molecule has 0 aromatic rings. The van der Waals surface area contributed by atoms with E-state index >= 15 is 0 Å². The summed E-state index contributed by atoms with van der Waals surface area (Å²) in [4.78, 5) is 0. The fourth-order valence-electron chi connectivity index (χ4n) is 2.68. The Bertz CT molecular complexity index is 316. The number of aliphatic hydroxyl groups excluding tert-OH is 1. The van der Waals surface area contributed by atoms with Gasteiger partial charge in [-0.25, -0.2) is 8.42 Å². The zero-order valence-electron chi connectivity index (χ0n) is 11.1. The third-order valence-corrected chi connectivity index (χ3v) is 5.96. The third-order valence-electron chi connectivity index (χ3n) is 4.17. The molecule has 1 aliphatic rings. The van der Waals surface area contributed by atoms with Crippen LogP contribution in [0.2, 0.25) is 0 Å². The van der Waals surface area contributed by atoms with Gasteiger partial charge in [0.05, 0.1) is 11.9 Å². The summed E-state index contributed by atoms with van der Waals surface area (Å²) in [5.41, 5.74) is 0.0221. The second kappa shape index (κ2) is 6.19. The Hall–Kier alpha value is -0.0900. The van der Waals surface area contributed by atoms with Crippen LogP contribution in [-0.4, -0.2) is 31.1 Å². The van der Waals surface area contributed by atoms with Crippen molar-refractivity contribution in [3.05, 3.63) is 0 Å². The van der Waals surface area contributed by atoms with Gasteiger partial charge in [-0.05, 0) is 31.1 Å². The van der Waals surface area contributed by atoms with Crippen LogP contribution in [0.25, 0.3) is 0 Å². The van der Waals surface area contributed by atoms with E-state index in [0.29, 0.717) is 12.8 Å². The normalized spacial score (nSPS) is 22.3. The Kier molecular flexibility index (Phi) is 5.45. The van der Waals surface area contributed by atoms with Crippen LogP contribution >= 0.6 is 0 Å². The molecule has 0 radical (unpaired) electrons. The fraction of sp³-hybridized carbons (Fsp3) is 1.00. The van der Waals surface area contributed by atoms with E-state index in [2.05, 4.69) is 6.92 Å². The molecule has 0 amide bonds. The smallest absolute Gasteiger partial charge is 0.150 e. The van der Waals surface area contributed by atoms with Crippen LogP contribution in [0.5, 0.6) is 0 Å². The summed E-state index contributed by atoms with van der Waals surface area (Å²) in [7, 11) is -2.88. The molecule has 0 aromatic carbocycles. The Labute approximate surface area is 106 Å². The molecular weight excluding hydrogens is 236 g/mol. The SMILES string of the molecule is CCS(=O)(=O)CCCC(O)C1(C)CCCCC1. The van der Waals surface area contributed by atoms with Crippen molar-refractivity contribution in [1.82, 2.24) is 0 Å². The van der Waals surface area contributed by atoms with Crippen LogP contribution in [0.15, 0.2) is 0 Å². The zero-order chi connectivity index (χ0) is 12.9. The molecule has 0 saturated heterocycles. The molecule has 0 heterocycles. The molecule has 1 N–H and O–H groups in total. The minimum Gasteiger partial charge on any atom is -0.393 e. The van der Waals surface area contributed by atoms with Gasteiger partial charge in [0.15, 0.2) is 0 Å². The van der Waals surface area contributed by atoms with Gasteiger partial charge in [0.2, 0.25) is 0 Å². The fourth-order valence-corrected chi connectivity index (χ4v) is 3.58. The molecule has 4 heteroatoms. The zero-order valence-corrected chi connectivity index (χ0v) is 11.9. The first-order valence-corrected chi connectivity index (χ1v) is 8.60. The average molecular weight is 262 g/mol. The molecule has 0 aliphatic heterocycles. The van der Waals surface area contributed by atoms with Crippen LogP contribution in [0.3, 0.4) is 0 Å². The van der Waals surface area contributed by atoms with Gasteiger partial charge in [-0.15, -0.1) is 0 Å². The van der Waals surface area contributed by atoms with E-state index < -0.39 is 9.84 Å². The topological polar surface area (TPSA) is 54.4 Å². The van der Waals surface area contributed by atoms with Crippen molar-refractivity contribution in [3.8, 4) is 0 Å².